The van der Waals surface area contributed by atoms with Gasteiger partial charge in [0.1, 0.15) is 0 Å². The predicted molar refractivity (Wildman–Crippen MR) is 90.6 cm³/mol. The highest BCUT2D eigenvalue weighted by Gasteiger charge is 2.34. The first kappa shape index (κ1) is 16.7. The van der Waals surface area contributed by atoms with Crippen LogP contribution in [0.4, 0.5) is 0 Å². The van der Waals surface area contributed by atoms with Gasteiger partial charge in [-0.05, 0) is 37.3 Å². The summed E-state index contributed by atoms with van der Waals surface area (Å²) < 4.78 is 0. The molecule has 5 nitrogen and oxygen atoms in total. The Morgan fingerprint density at radius 1 is 1.12 bits per heavy atom. The highest BCUT2D eigenvalue weighted by Crippen LogP contribution is 2.24. The van der Waals surface area contributed by atoms with Crippen LogP contribution in [-0.2, 0) is 4.79 Å². The molecule has 3 rings (SSSR count). The molecule has 1 aromatic carbocycles. The van der Waals surface area contributed by atoms with Crippen molar-refractivity contribution in [3.05, 3.63) is 35.4 Å². The fourth-order valence-corrected chi connectivity index (χ4v) is 3.65. The van der Waals surface area contributed by atoms with E-state index in [9.17, 15) is 14.4 Å². The number of hydrogen-bond acceptors (Lipinski definition) is 3. The Morgan fingerprint density at radius 3 is 2.38 bits per heavy atom. The van der Waals surface area contributed by atoms with Crippen molar-refractivity contribution in [2.24, 2.45) is 5.92 Å². The highest BCUT2D eigenvalue weighted by molar-refractivity contribution is 6.21. The zero-order valence-corrected chi connectivity index (χ0v) is 14.1. The van der Waals surface area contributed by atoms with Crippen LogP contribution in [0.15, 0.2) is 24.3 Å². The molecule has 5 heteroatoms. The molecule has 1 saturated carbocycles. The van der Waals surface area contributed by atoms with E-state index >= 15 is 0 Å². The van der Waals surface area contributed by atoms with Gasteiger partial charge in [-0.3, -0.25) is 19.3 Å². The predicted octanol–water partition coefficient (Wildman–Crippen LogP) is 2.76. The number of hydrogen-bond donors (Lipinski definition) is 1. The Hall–Kier alpha value is -2.17. The average molecular weight is 328 g/mol. The van der Waals surface area contributed by atoms with Crippen LogP contribution < -0.4 is 5.32 Å². The second kappa shape index (κ2) is 7.16. The summed E-state index contributed by atoms with van der Waals surface area (Å²) in [5, 5.41) is 3.11. The molecule has 1 N–H and O–H groups in total. The minimum absolute atomic E-state index is 0.0189. The average Bonchev–Trinajstić information content (AvgIpc) is 2.82. The van der Waals surface area contributed by atoms with Crippen molar-refractivity contribution in [3.63, 3.8) is 0 Å². The Bertz CT molecular complexity index is 621. The van der Waals surface area contributed by atoms with Crippen LogP contribution >= 0.6 is 0 Å². The van der Waals surface area contributed by atoms with Gasteiger partial charge in [0, 0.05) is 19.0 Å². The van der Waals surface area contributed by atoms with E-state index in [4.69, 9.17) is 0 Å². The molecular formula is C19H24N2O3. The smallest absolute Gasteiger partial charge is 0.261 e. The van der Waals surface area contributed by atoms with Crippen LogP contribution in [-0.4, -0.2) is 35.2 Å². The van der Waals surface area contributed by atoms with Gasteiger partial charge in [-0.15, -0.1) is 0 Å². The van der Waals surface area contributed by atoms with E-state index in [-0.39, 0.29) is 23.8 Å². The molecule has 1 aromatic rings. The molecule has 2 aliphatic rings. The molecule has 0 bridgehead atoms. The number of carbonyl (C=O) groups excluding carboxylic acids is 3. The summed E-state index contributed by atoms with van der Waals surface area (Å²) in [4.78, 5) is 37.9. The van der Waals surface area contributed by atoms with Crippen molar-refractivity contribution >= 4 is 17.7 Å². The third kappa shape index (κ3) is 3.35. The maximum Gasteiger partial charge on any atom is 0.261 e. The van der Waals surface area contributed by atoms with Gasteiger partial charge >= 0.3 is 0 Å². The van der Waals surface area contributed by atoms with Gasteiger partial charge in [0.25, 0.3) is 11.8 Å². The van der Waals surface area contributed by atoms with Crippen LogP contribution in [0.2, 0.25) is 0 Å². The van der Waals surface area contributed by atoms with E-state index in [1.165, 1.54) is 24.2 Å². The molecule has 24 heavy (non-hydrogen) atoms. The summed E-state index contributed by atoms with van der Waals surface area (Å²) in [6, 6.07) is 7.13. The van der Waals surface area contributed by atoms with Crippen LogP contribution in [0.1, 0.15) is 66.2 Å². The Morgan fingerprint density at radius 2 is 1.75 bits per heavy atom. The minimum Gasteiger partial charge on any atom is -0.353 e. The summed E-state index contributed by atoms with van der Waals surface area (Å²) >= 11 is 0. The lowest BCUT2D eigenvalue weighted by atomic mass is 9.86. The van der Waals surface area contributed by atoms with Crippen LogP contribution in [0, 0.1) is 5.92 Å². The van der Waals surface area contributed by atoms with Crippen LogP contribution in [0.3, 0.4) is 0 Å². The van der Waals surface area contributed by atoms with Crippen molar-refractivity contribution in [2.75, 3.05) is 6.54 Å². The maximum atomic E-state index is 12.2. The Balaban J connectivity index is 1.48. The van der Waals surface area contributed by atoms with Gasteiger partial charge in [-0.25, -0.2) is 0 Å². The van der Waals surface area contributed by atoms with Gasteiger partial charge in [0.2, 0.25) is 5.91 Å². The molecule has 0 aromatic heterocycles. The summed E-state index contributed by atoms with van der Waals surface area (Å²) in [6.45, 7) is 2.48. The highest BCUT2D eigenvalue weighted by atomic mass is 16.2. The SMILES string of the molecule is C[C@H]1CCCC[C@H]1NC(=O)CCCN1C(=O)c2ccccc2C1=O. The number of carbonyl (C=O) groups is 3. The quantitative estimate of drug-likeness (QED) is 0.845. The fourth-order valence-electron chi connectivity index (χ4n) is 3.65. The molecular weight excluding hydrogens is 304 g/mol. The molecule has 2 atom stereocenters. The van der Waals surface area contributed by atoms with E-state index in [1.807, 2.05) is 0 Å². The summed E-state index contributed by atoms with van der Waals surface area (Å²) in [5.74, 6) is 0.0399. The number of fused-ring (bicyclic) bond motifs is 1. The number of nitrogens with one attached hydrogen (secondary N) is 1. The molecule has 0 unspecified atom stereocenters. The van der Waals surface area contributed by atoms with Gasteiger partial charge in [0.05, 0.1) is 11.1 Å². The van der Waals surface area contributed by atoms with E-state index in [1.54, 1.807) is 24.3 Å². The van der Waals surface area contributed by atoms with Gasteiger partial charge in [0.15, 0.2) is 0 Å². The monoisotopic (exact) mass is 328 g/mol. The third-order valence-corrected chi connectivity index (χ3v) is 5.12. The second-order valence-electron chi connectivity index (χ2n) is 6.85. The zero-order valence-electron chi connectivity index (χ0n) is 14.1. The molecule has 0 spiro atoms. The zero-order chi connectivity index (χ0) is 17.1. The van der Waals surface area contributed by atoms with Crippen LogP contribution in [0.5, 0.6) is 0 Å². The minimum atomic E-state index is -0.253. The number of imide groups is 1. The van der Waals surface area contributed by atoms with Crippen molar-refractivity contribution in [1.29, 1.82) is 0 Å². The standard InChI is InChI=1S/C19H24N2O3/c1-13-7-2-5-10-16(13)20-17(22)11-6-12-21-18(23)14-8-3-4-9-15(14)19(21)24/h3-4,8-9,13,16H,2,5-7,10-12H2,1H3,(H,20,22)/t13-,16+/m0/s1. The summed E-state index contributed by atoms with van der Waals surface area (Å²) in [6.07, 6.45) is 5.47. The molecule has 0 radical (unpaired) electrons. The second-order valence-corrected chi connectivity index (χ2v) is 6.85. The lowest BCUT2D eigenvalue weighted by Gasteiger charge is -2.29. The molecule has 1 fully saturated rings. The first-order chi connectivity index (χ1) is 11.6. The lowest BCUT2D eigenvalue weighted by Crippen LogP contribution is -2.41. The topological polar surface area (TPSA) is 66.5 Å². The summed E-state index contributed by atoms with van der Waals surface area (Å²) in [5.41, 5.74) is 0.922. The number of rotatable bonds is 5. The third-order valence-electron chi connectivity index (χ3n) is 5.12. The van der Waals surface area contributed by atoms with E-state index < -0.39 is 0 Å². The van der Waals surface area contributed by atoms with Crippen molar-refractivity contribution in [3.8, 4) is 0 Å². The largest absolute Gasteiger partial charge is 0.353 e. The maximum absolute atomic E-state index is 12.2. The Labute approximate surface area is 142 Å². The van der Waals surface area contributed by atoms with Crippen LogP contribution in [0.25, 0.3) is 0 Å². The van der Waals surface area contributed by atoms with Gasteiger partial charge in [-0.2, -0.15) is 0 Å². The Kier molecular flexibility index (Phi) is 4.97. The number of amides is 3. The summed E-state index contributed by atoms with van der Waals surface area (Å²) in [7, 11) is 0. The number of nitrogens with zero attached hydrogens (tertiary/aromatic N) is 1. The molecule has 1 aliphatic heterocycles. The van der Waals surface area contributed by atoms with Gasteiger partial charge < -0.3 is 5.32 Å². The fraction of sp³-hybridized carbons (Fsp3) is 0.526. The molecule has 1 heterocycles. The van der Waals surface area contributed by atoms with E-state index in [0.717, 1.165) is 6.42 Å². The van der Waals surface area contributed by atoms with Crippen molar-refractivity contribution in [1.82, 2.24) is 10.2 Å². The molecule has 1 aliphatic carbocycles. The normalized spacial score (nSPS) is 23.3. The first-order valence-electron chi connectivity index (χ1n) is 8.82. The van der Waals surface area contributed by atoms with E-state index in [0.29, 0.717) is 36.4 Å². The number of benzene rings is 1. The molecule has 3 amide bonds. The van der Waals surface area contributed by atoms with E-state index in [2.05, 4.69) is 12.2 Å². The van der Waals surface area contributed by atoms with Gasteiger partial charge in [-0.1, -0.05) is 31.9 Å². The first-order valence-corrected chi connectivity index (χ1v) is 8.82. The molecule has 128 valence electrons. The van der Waals surface area contributed by atoms with Crippen molar-refractivity contribution in [2.45, 2.75) is 51.5 Å². The molecule has 0 saturated heterocycles. The lowest BCUT2D eigenvalue weighted by molar-refractivity contribution is -0.122. The van der Waals surface area contributed by atoms with Crippen molar-refractivity contribution < 1.29 is 14.4 Å².